The highest BCUT2D eigenvalue weighted by Gasteiger charge is 2.39. The van der Waals surface area contributed by atoms with Crippen molar-refractivity contribution in [1.29, 1.82) is 0 Å². The second kappa shape index (κ2) is 11.9. The average molecular weight is 379 g/mol. The maximum absolute atomic E-state index is 7.08. The molecule has 0 aromatic carbocycles. The minimum absolute atomic E-state index is 0.263. The second-order valence-electron chi connectivity index (χ2n) is 8.20. The topological polar surface area (TPSA) is 9.23 Å². The van der Waals surface area contributed by atoms with E-state index < -0.39 is 16.4 Å². The number of hydrogen-bond acceptors (Lipinski definition) is 1. The van der Waals surface area contributed by atoms with Crippen LogP contribution >= 0.6 is 0 Å². The van der Waals surface area contributed by atoms with Crippen LogP contribution in [-0.4, -0.2) is 22.0 Å². The van der Waals surface area contributed by atoms with E-state index in [-0.39, 0.29) is 5.60 Å². The molecule has 3 heteroatoms. The van der Waals surface area contributed by atoms with Crippen molar-refractivity contribution in [2.75, 3.05) is 0 Å². The highest BCUT2D eigenvalue weighted by atomic mass is 28.4. The van der Waals surface area contributed by atoms with Crippen molar-refractivity contribution >= 4 is 16.4 Å². The number of unbranched alkanes of at least 4 members (excludes halogenated alkanes) is 2. The smallest absolute Gasteiger partial charge is 0.194 e. The minimum Gasteiger partial charge on any atom is -0.401 e. The van der Waals surface area contributed by atoms with Crippen LogP contribution in [0.15, 0.2) is 25.3 Å². The fraction of sp³-hybridized carbons (Fsp3) is 0.727. The molecule has 0 atom stereocenters. The van der Waals surface area contributed by atoms with E-state index in [0.29, 0.717) is 0 Å². The Kier molecular flexibility index (Phi) is 11.7. The highest BCUT2D eigenvalue weighted by molar-refractivity contribution is 6.83. The fourth-order valence-electron chi connectivity index (χ4n) is 3.12. The van der Waals surface area contributed by atoms with Gasteiger partial charge in [0.05, 0.1) is 0 Å². The molecule has 0 aliphatic heterocycles. The molecule has 0 fully saturated rings. The van der Waals surface area contributed by atoms with Crippen LogP contribution in [0.4, 0.5) is 0 Å². The van der Waals surface area contributed by atoms with Gasteiger partial charge in [0.15, 0.2) is 8.32 Å². The second-order valence-corrected chi connectivity index (χ2v) is 17.6. The lowest BCUT2D eigenvalue weighted by atomic mass is 9.91. The number of rotatable bonds is 13. The van der Waals surface area contributed by atoms with Crippen LogP contribution in [0.3, 0.4) is 0 Å². The average Bonchev–Trinajstić information content (AvgIpc) is 2.58. The number of hydrogen-bond donors (Lipinski definition) is 0. The molecular weight excluding hydrogens is 336 g/mol. The fourth-order valence-corrected chi connectivity index (χ4v) is 6.74. The molecule has 0 radical (unpaired) electrons. The number of allylic oxidation sites excluding steroid dienone is 2. The van der Waals surface area contributed by atoms with Gasteiger partial charge in [0.25, 0.3) is 0 Å². The Hall–Kier alpha value is -0.566. The van der Waals surface area contributed by atoms with Crippen molar-refractivity contribution < 1.29 is 4.43 Å². The maximum Gasteiger partial charge on any atom is 0.194 e. The summed E-state index contributed by atoms with van der Waals surface area (Å²) in [6, 6.07) is 3.54. The van der Waals surface area contributed by atoms with Gasteiger partial charge in [-0.3, -0.25) is 0 Å². The predicted molar refractivity (Wildman–Crippen MR) is 120 cm³/mol. The zero-order valence-corrected chi connectivity index (χ0v) is 19.8. The van der Waals surface area contributed by atoms with Crippen molar-refractivity contribution in [1.82, 2.24) is 0 Å². The molecule has 0 aromatic rings. The van der Waals surface area contributed by atoms with Gasteiger partial charge in [-0.05, 0) is 56.7 Å². The van der Waals surface area contributed by atoms with Crippen LogP contribution < -0.4 is 0 Å². The van der Waals surface area contributed by atoms with Crippen molar-refractivity contribution in [3.8, 4) is 11.5 Å². The Morgan fingerprint density at radius 1 is 0.880 bits per heavy atom. The van der Waals surface area contributed by atoms with Gasteiger partial charge in [-0.25, -0.2) is 0 Å². The molecule has 0 aliphatic carbocycles. The lowest BCUT2D eigenvalue weighted by Gasteiger charge is -2.40. The summed E-state index contributed by atoms with van der Waals surface area (Å²) < 4.78 is 7.08. The standard InChI is InChI=1S/C22H42OSi2/c1-9-14-16-18-22(19-17-15-10-2,20-21-24(6,7)8)23-25(11-3,12-4)13-5/h9-10H,1-2,11-19H2,3-8H3. The molecule has 0 aliphatic rings. The lowest BCUT2D eigenvalue weighted by molar-refractivity contribution is 0.0926. The van der Waals surface area contributed by atoms with E-state index in [0.717, 1.165) is 38.5 Å². The Labute approximate surface area is 160 Å². The summed E-state index contributed by atoms with van der Waals surface area (Å²) >= 11 is 0. The first-order valence-corrected chi connectivity index (χ1v) is 16.2. The van der Waals surface area contributed by atoms with Crippen LogP contribution in [0.2, 0.25) is 37.8 Å². The Morgan fingerprint density at radius 2 is 1.32 bits per heavy atom. The van der Waals surface area contributed by atoms with Gasteiger partial charge in [0.1, 0.15) is 13.7 Å². The molecule has 1 nitrogen and oxygen atoms in total. The van der Waals surface area contributed by atoms with E-state index in [1.807, 2.05) is 12.2 Å². The third kappa shape index (κ3) is 9.63. The van der Waals surface area contributed by atoms with Crippen LogP contribution in [0.25, 0.3) is 0 Å². The minimum atomic E-state index is -1.71. The van der Waals surface area contributed by atoms with Gasteiger partial charge in [-0.2, -0.15) is 0 Å². The third-order valence-electron chi connectivity index (χ3n) is 4.99. The molecule has 0 amide bonds. The molecule has 0 rings (SSSR count). The Balaban J connectivity index is 5.78. The molecule has 0 spiro atoms. The van der Waals surface area contributed by atoms with Crippen molar-refractivity contribution in [2.45, 2.75) is 103 Å². The summed E-state index contributed by atoms with van der Waals surface area (Å²) in [6.07, 6.45) is 10.4. The summed E-state index contributed by atoms with van der Waals surface area (Å²) in [5.41, 5.74) is 3.38. The Morgan fingerprint density at radius 3 is 1.64 bits per heavy atom. The largest absolute Gasteiger partial charge is 0.401 e. The summed E-state index contributed by atoms with van der Waals surface area (Å²) in [4.78, 5) is 0. The predicted octanol–water partition coefficient (Wildman–Crippen LogP) is 7.34. The molecule has 0 unspecified atom stereocenters. The first-order chi connectivity index (χ1) is 11.7. The van der Waals surface area contributed by atoms with Crippen LogP contribution in [0.5, 0.6) is 0 Å². The van der Waals surface area contributed by atoms with Crippen molar-refractivity contribution in [3.63, 3.8) is 0 Å². The van der Waals surface area contributed by atoms with E-state index in [1.165, 1.54) is 18.1 Å². The van der Waals surface area contributed by atoms with Crippen LogP contribution in [0, 0.1) is 11.5 Å². The zero-order valence-electron chi connectivity index (χ0n) is 17.8. The SMILES string of the molecule is C=CCCCC(C#C[Si](C)(C)C)(CCCC=C)O[Si](CC)(CC)CC. The first kappa shape index (κ1) is 24.4. The molecule has 0 saturated carbocycles. The van der Waals surface area contributed by atoms with Crippen LogP contribution in [0.1, 0.15) is 59.3 Å². The molecular formula is C22H42OSi2. The molecule has 0 N–H and O–H groups in total. The molecule has 144 valence electrons. The van der Waals surface area contributed by atoms with E-state index in [1.54, 1.807) is 0 Å². The summed E-state index contributed by atoms with van der Waals surface area (Å²) in [5.74, 6) is 3.70. The van der Waals surface area contributed by atoms with Gasteiger partial charge in [-0.1, -0.05) is 58.5 Å². The van der Waals surface area contributed by atoms with Crippen LogP contribution in [-0.2, 0) is 4.43 Å². The van der Waals surface area contributed by atoms with E-state index in [2.05, 4.69) is 65.0 Å². The molecule has 0 saturated heterocycles. The van der Waals surface area contributed by atoms with E-state index >= 15 is 0 Å². The molecule has 0 bridgehead atoms. The summed E-state index contributed by atoms with van der Waals surface area (Å²) in [7, 11) is -3.14. The van der Waals surface area contributed by atoms with E-state index in [4.69, 9.17) is 4.43 Å². The van der Waals surface area contributed by atoms with Gasteiger partial charge < -0.3 is 4.43 Å². The molecule has 25 heavy (non-hydrogen) atoms. The van der Waals surface area contributed by atoms with Gasteiger partial charge in [0.2, 0.25) is 0 Å². The highest BCUT2D eigenvalue weighted by Crippen LogP contribution is 2.34. The first-order valence-electron chi connectivity index (χ1n) is 10.2. The van der Waals surface area contributed by atoms with Gasteiger partial charge >= 0.3 is 0 Å². The monoisotopic (exact) mass is 378 g/mol. The maximum atomic E-state index is 7.08. The third-order valence-corrected chi connectivity index (χ3v) is 10.6. The summed E-state index contributed by atoms with van der Waals surface area (Å²) in [6.45, 7) is 21.7. The molecule has 0 aromatic heterocycles. The normalized spacial score (nSPS) is 12.4. The zero-order chi connectivity index (χ0) is 19.4. The van der Waals surface area contributed by atoms with E-state index in [9.17, 15) is 0 Å². The van der Waals surface area contributed by atoms with Gasteiger partial charge in [0, 0.05) is 0 Å². The lowest BCUT2D eigenvalue weighted by Crippen LogP contribution is -2.47. The quantitative estimate of drug-likeness (QED) is 0.141. The molecule has 0 heterocycles. The van der Waals surface area contributed by atoms with Crippen molar-refractivity contribution in [2.24, 2.45) is 0 Å². The summed E-state index contributed by atoms with van der Waals surface area (Å²) in [5, 5.41) is 0. The van der Waals surface area contributed by atoms with Crippen molar-refractivity contribution in [3.05, 3.63) is 25.3 Å². The van der Waals surface area contributed by atoms with Gasteiger partial charge in [-0.15, -0.1) is 18.7 Å². The Bertz CT molecular complexity index is 425.